The largest absolute Gasteiger partial charge is 0.304 e. The standard InChI is InChI=1S/C19H16BrClFN3O/c1-11-6-7-13(8-12(11)2)19(26)23-18-15(20)10-25(24-18)9-14-16(21)4-3-5-17(14)22/h3-8,10H,9H2,1-2H3,(H,23,24,26). The highest BCUT2D eigenvalue weighted by Gasteiger charge is 2.14. The van der Waals surface area contributed by atoms with Crippen molar-refractivity contribution in [2.75, 3.05) is 5.32 Å². The minimum Gasteiger partial charge on any atom is -0.304 e. The molecule has 26 heavy (non-hydrogen) atoms. The lowest BCUT2D eigenvalue weighted by Gasteiger charge is -2.07. The lowest BCUT2D eigenvalue weighted by Crippen LogP contribution is -2.13. The summed E-state index contributed by atoms with van der Waals surface area (Å²) < 4.78 is 16.1. The molecule has 0 bridgehead atoms. The van der Waals surface area contributed by atoms with Gasteiger partial charge < -0.3 is 5.32 Å². The minimum absolute atomic E-state index is 0.156. The van der Waals surface area contributed by atoms with Crippen LogP contribution in [0.5, 0.6) is 0 Å². The van der Waals surface area contributed by atoms with E-state index >= 15 is 0 Å². The van der Waals surface area contributed by atoms with Gasteiger partial charge in [0.1, 0.15) is 5.82 Å². The van der Waals surface area contributed by atoms with Crippen molar-refractivity contribution in [3.63, 3.8) is 0 Å². The Morgan fingerprint density at radius 2 is 2.04 bits per heavy atom. The van der Waals surface area contributed by atoms with E-state index in [9.17, 15) is 9.18 Å². The number of benzene rings is 2. The Morgan fingerprint density at radius 3 is 2.73 bits per heavy atom. The number of anilines is 1. The molecule has 0 fully saturated rings. The first kappa shape index (κ1) is 18.6. The molecule has 2 aromatic carbocycles. The predicted octanol–water partition coefficient (Wildman–Crippen LogP) is 5.36. The number of nitrogens with zero attached hydrogens (tertiary/aromatic N) is 2. The van der Waals surface area contributed by atoms with Crippen LogP contribution < -0.4 is 5.32 Å². The maximum atomic E-state index is 13.9. The van der Waals surface area contributed by atoms with Crippen LogP contribution >= 0.6 is 27.5 Å². The molecule has 7 heteroatoms. The van der Waals surface area contributed by atoms with Crippen molar-refractivity contribution in [1.82, 2.24) is 9.78 Å². The Bertz CT molecular complexity index is 967. The second kappa shape index (κ2) is 7.60. The first-order valence-corrected chi connectivity index (χ1v) is 9.06. The Hall–Kier alpha value is -2.18. The fourth-order valence-electron chi connectivity index (χ4n) is 2.47. The van der Waals surface area contributed by atoms with E-state index in [1.54, 1.807) is 24.4 Å². The van der Waals surface area contributed by atoms with Gasteiger partial charge in [-0.05, 0) is 65.2 Å². The molecule has 1 amide bonds. The van der Waals surface area contributed by atoms with Gasteiger partial charge in [0.2, 0.25) is 0 Å². The molecular formula is C19H16BrClFN3O. The van der Waals surface area contributed by atoms with Crippen LogP contribution in [0, 0.1) is 19.7 Å². The third kappa shape index (κ3) is 3.97. The van der Waals surface area contributed by atoms with Crippen molar-refractivity contribution in [1.29, 1.82) is 0 Å². The van der Waals surface area contributed by atoms with Gasteiger partial charge in [0.05, 0.1) is 11.0 Å². The number of halogens is 3. The number of nitrogens with one attached hydrogen (secondary N) is 1. The van der Waals surface area contributed by atoms with Crippen LogP contribution in [-0.2, 0) is 6.54 Å². The first-order chi connectivity index (χ1) is 12.3. The highest BCUT2D eigenvalue weighted by molar-refractivity contribution is 9.10. The van der Waals surface area contributed by atoms with E-state index in [0.717, 1.165) is 11.1 Å². The molecule has 0 radical (unpaired) electrons. The molecule has 1 N–H and O–H groups in total. The minimum atomic E-state index is -0.398. The molecular weight excluding hydrogens is 421 g/mol. The molecule has 3 rings (SSSR count). The van der Waals surface area contributed by atoms with Crippen molar-refractivity contribution in [3.05, 3.63) is 80.2 Å². The molecule has 0 aliphatic rings. The number of hydrogen-bond acceptors (Lipinski definition) is 2. The van der Waals surface area contributed by atoms with E-state index in [2.05, 4.69) is 26.3 Å². The third-order valence-electron chi connectivity index (χ3n) is 4.10. The Morgan fingerprint density at radius 1 is 1.27 bits per heavy atom. The normalized spacial score (nSPS) is 10.8. The molecule has 0 unspecified atom stereocenters. The second-order valence-corrected chi connectivity index (χ2v) is 7.24. The van der Waals surface area contributed by atoms with Crippen molar-refractivity contribution < 1.29 is 9.18 Å². The topological polar surface area (TPSA) is 46.9 Å². The molecule has 1 aromatic heterocycles. The van der Waals surface area contributed by atoms with E-state index < -0.39 is 5.82 Å². The molecule has 134 valence electrons. The van der Waals surface area contributed by atoms with E-state index in [4.69, 9.17) is 11.6 Å². The molecule has 0 aliphatic heterocycles. The van der Waals surface area contributed by atoms with Crippen LogP contribution in [0.2, 0.25) is 5.02 Å². The van der Waals surface area contributed by atoms with Gasteiger partial charge in [-0.3, -0.25) is 9.48 Å². The average Bonchev–Trinajstić information content (AvgIpc) is 2.93. The molecule has 4 nitrogen and oxygen atoms in total. The zero-order chi connectivity index (χ0) is 18.8. The van der Waals surface area contributed by atoms with E-state index in [1.807, 2.05) is 26.0 Å². The third-order valence-corrected chi connectivity index (χ3v) is 5.03. The van der Waals surface area contributed by atoms with Crippen LogP contribution in [0.3, 0.4) is 0 Å². The van der Waals surface area contributed by atoms with Gasteiger partial charge in [-0.25, -0.2) is 4.39 Å². The molecule has 0 saturated carbocycles. The SMILES string of the molecule is Cc1ccc(C(=O)Nc2nn(Cc3c(F)cccc3Cl)cc2Br)cc1C. The maximum absolute atomic E-state index is 13.9. The summed E-state index contributed by atoms with van der Waals surface area (Å²) in [7, 11) is 0. The summed E-state index contributed by atoms with van der Waals surface area (Å²) in [5, 5.41) is 7.40. The lowest BCUT2D eigenvalue weighted by atomic mass is 10.1. The van der Waals surface area contributed by atoms with Gasteiger partial charge in [0.25, 0.3) is 5.91 Å². The number of carbonyl (C=O) groups excluding carboxylic acids is 1. The van der Waals surface area contributed by atoms with Crippen LogP contribution in [0.15, 0.2) is 47.1 Å². The molecule has 1 heterocycles. The van der Waals surface area contributed by atoms with Gasteiger partial charge in [-0.2, -0.15) is 5.10 Å². The number of aryl methyl sites for hydroxylation is 2. The Balaban J connectivity index is 1.80. The summed E-state index contributed by atoms with van der Waals surface area (Å²) in [5.74, 6) is -0.298. The van der Waals surface area contributed by atoms with Gasteiger partial charge in [-0.1, -0.05) is 23.7 Å². The summed E-state index contributed by atoms with van der Waals surface area (Å²) in [4.78, 5) is 12.4. The summed E-state index contributed by atoms with van der Waals surface area (Å²) in [5.41, 5.74) is 3.05. The van der Waals surface area contributed by atoms with Gasteiger partial charge in [0, 0.05) is 22.3 Å². The first-order valence-electron chi connectivity index (χ1n) is 7.89. The van der Waals surface area contributed by atoms with Crippen LogP contribution in [0.4, 0.5) is 10.2 Å². The summed E-state index contributed by atoms with van der Waals surface area (Å²) >= 11 is 9.43. The molecule has 0 spiro atoms. The summed E-state index contributed by atoms with van der Waals surface area (Å²) in [6.07, 6.45) is 1.67. The second-order valence-electron chi connectivity index (χ2n) is 5.98. The number of hydrogen-bond donors (Lipinski definition) is 1. The fraction of sp³-hybridized carbons (Fsp3) is 0.158. The monoisotopic (exact) mass is 435 g/mol. The van der Waals surface area contributed by atoms with Crippen molar-refractivity contribution in [2.24, 2.45) is 0 Å². The highest BCUT2D eigenvalue weighted by atomic mass is 79.9. The molecule has 0 atom stereocenters. The average molecular weight is 437 g/mol. The molecule has 0 saturated heterocycles. The summed E-state index contributed by atoms with van der Waals surface area (Å²) in [6, 6.07) is 10.0. The van der Waals surface area contributed by atoms with Gasteiger partial charge >= 0.3 is 0 Å². The maximum Gasteiger partial charge on any atom is 0.256 e. The predicted molar refractivity (Wildman–Crippen MR) is 104 cm³/mol. The zero-order valence-corrected chi connectivity index (χ0v) is 16.5. The van der Waals surface area contributed by atoms with Crippen molar-refractivity contribution in [3.8, 4) is 0 Å². The van der Waals surface area contributed by atoms with Gasteiger partial charge in [-0.15, -0.1) is 0 Å². The number of carbonyl (C=O) groups is 1. The van der Waals surface area contributed by atoms with Crippen LogP contribution in [0.1, 0.15) is 27.0 Å². The van der Waals surface area contributed by atoms with Crippen LogP contribution in [-0.4, -0.2) is 15.7 Å². The highest BCUT2D eigenvalue weighted by Crippen LogP contribution is 2.24. The molecule has 3 aromatic rings. The van der Waals surface area contributed by atoms with Crippen molar-refractivity contribution in [2.45, 2.75) is 20.4 Å². The van der Waals surface area contributed by atoms with E-state index in [-0.39, 0.29) is 12.5 Å². The zero-order valence-electron chi connectivity index (χ0n) is 14.2. The van der Waals surface area contributed by atoms with Crippen molar-refractivity contribution >= 4 is 39.3 Å². The number of aromatic nitrogens is 2. The smallest absolute Gasteiger partial charge is 0.256 e. The van der Waals surface area contributed by atoms with Gasteiger partial charge in [0.15, 0.2) is 5.82 Å². The van der Waals surface area contributed by atoms with E-state index in [1.165, 1.54) is 10.7 Å². The quantitative estimate of drug-likeness (QED) is 0.599. The number of amides is 1. The lowest BCUT2D eigenvalue weighted by molar-refractivity contribution is 0.102. The summed E-state index contributed by atoms with van der Waals surface area (Å²) in [6.45, 7) is 4.10. The van der Waals surface area contributed by atoms with E-state index in [0.29, 0.717) is 26.4 Å². The Labute approximate surface area is 164 Å². The number of rotatable bonds is 4. The fourth-order valence-corrected chi connectivity index (χ4v) is 3.11. The molecule has 0 aliphatic carbocycles. The van der Waals surface area contributed by atoms with Crippen LogP contribution in [0.25, 0.3) is 0 Å². The Kier molecular flexibility index (Phi) is 5.44.